The number of rotatable bonds is 4. The number of aryl methyl sites for hydroxylation is 1. The summed E-state index contributed by atoms with van der Waals surface area (Å²) in [7, 11) is 0. The molecule has 0 amide bonds. The number of halogens is 1. The second kappa shape index (κ2) is 8.36. The topological polar surface area (TPSA) is 89.3 Å². The second-order valence-electron chi connectivity index (χ2n) is 9.19. The molecule has 160 valence electrons. The Labute approximate surface area is 189 Å². The Kier molecular flexibility index (Phi) is 5.77. The van der Waals surface area contributed by atoms with E-state index in [1.54, 1.807) is 12.1 Å². The minimum absolute atomic E-state index is 0.333. The summed E-state index contributed by atoms with van der Waals surface area (Å²) in [5, 5.41) is 19.0. The number of amidine groups is 2. The molecule has 2 aromatic carbocycles. The summed E-state index contributed by atoms with van der Waals surface area (Å²) < 4.78 is 0. The van der Waals surface area contributed by atoms with Crippen molar-refractivity contribution in [2.24, 2.45) is 22.1 Å². The van der Waals surface area contributed by atoms with Gasteiger partial charge in [0.15, 0.2) is 0 Å². The van der Waals surface area contributed by atoms with Crippen LogP contribution in [0.1, 0.15) is 54.0 Å². The van der Waals surface area contributed by atoms with Crippen LogP contribution in [0.15, 0.2) is 41.4 Å². The van der Waals surface area contributed by atoms with E-state index in [9.17, 15) is 5.26 Å². The van der Waals surface area contributed by atoms with Gasteiger partial charge in [-0.2, -0.15) is 5.26 Å². The van der Waals surface area contributed by atoms with E-state index in [2.05, 4.69) is 22.9 Å². The number of hydrogen-bond donors (Lipinski definition) is 2. The van der Waals surface area contributed by atoms with Crippen molar-refractivity contribution in [1.29, 1.82) is 10.7 Å². The summed E-state index contributed by atoms with van der Waals surface area (Å²) in [5.41, 5.74) is 10.6. The number of hydrogen-bond acceptors (Lipinski definition) is 3. The van der Waals surface area contributed by atoms with Crippen LogP contribution in [0.25, 0.3) is 0 Å². The molecule has 1 aliphatic carbocycles. The standard InChI is InChI=1S/C25H28ClN5/c1-16-11-25(12-16)7-8-31(15-25)24(29)20-6-5-18(13-27)9-21(20)23(28)30-14-19-4-3-17(2)22(26)10-19/h3-6,9-10,16,29H,7-8,11-12,14-15H2,1-2H3,(H2,28,30). The molecule has 5 nitrogen and oxygen atoms in total. The molecular weight excluding hydrogens is 406 g/mol. The number of nitrogens with zero attached hydrogens (tertiary/aromatic N) is 3. The number of likely N-dealkylation sites (tertiary alicyclic amines) is 1. The fourth-order valence-electron chi connectivity index (χ4n) is 5.08. The van der Waals surface area contributed by atoms with E-state index in [1.165, 1.54) is 12.8 Å². The van der Waals surface area contributed by atoms with Gasteiger partial charge in [-0.15, -0.1) is 0 Å². The number of aliphatic imine (C=N–C) groups is 1. The third kappa shape index (κ3) is 4.31. The molecule has 2 aromatic rings. The molecule has 1 spiro atoms. The highest BCUT2D eigenvalue weighted by molar-refractivity contribution is 6.31. The Morgan fingerprint density at radius 1 is 1.29 bits per heavy atom. The van der Waals surface area contributed by atoms with Crippen molar-refractivity contribution in [2.45, 2.75) is 39.7 Å². The number of nitrogens with two attached hydrogens (primary N) is 1. The van der Waals surface area contributed by atoms with Crippen molar-refractivity contribution >= 4 is 23.3 Å². The predicted molar refractivity (Wildman–Crippen MR) is 126 cm³/mol. The van der Waals surface area contributed by atoms with Gasteiger partial charge in [0.2, 0.25) is 0 Å². The van der Waals surface area contributed by atoms with Gasteiger partial charge in [-0.05, 0) is 72.9 Å². The second-order valence-corrected chi connectivity index (χ2v) is 9.60. The van der Waals surface area contributed by atoms with Crippen LogP contribution in [0.5, 0.6) is 0 Å². The lowest BCUT2D eigenvalue weighted by Crippen LogP contribution is -2.40. The minimum atomic E-state index is 0.333. The fraction of sp³-hybridized carbons (Fsp3) is 0.400. The average molecular weight is 434 g/mol. The maximum Gasteiger partial charge on any atom is 0.128 e. The van der Waals surface area contributed by atoms with E-state index < -0.39 is 0 Å². The molecule has 0 aromatic heterocycles. The smallest absolute Gasteiger partial charge is 0.128 e. The molecule has 0 unspecified atom stereocenters. The van der Waals surface area contributed by atoms with Crippen LogP contribution >= 0.6 is 11.6 Å². The zero-order chi connectivity index (χ0) is 22.2. The van der Waals surface area contributed by atoms with Crippen molar-refractivity contribution in [3.63, 3.8) is 0 Å². The van der Waals surface area contributed by atoms with Crippen molar-refractivity contribution in [3.8, 4) is 6.07 Å². The fourth-order valence-corrected chi connectivity index (χ4v) is 5.28. The number of nitrogens with one attached hydrogen (secondary N) is 1. The molecule has 0 atom stereocenters. The highest BCUT2D eigenvalue weighted by atomic mass is 35.5. The Morgan fingerprint density at radius 3 is 2.74 bits per heavy atom. The van der Waals surface area contributed by atoms with Gasteiger partial charge >= 0.3 is 0 Å². The maximum absolute atomic E-state index is 9.37. The highest BCUT2D eigenvalue weighted by Crippen LogP contribution is 2.51. The molecular formula is C25H28ClN5. The lowest BCUT2D eigenvalue weighted by Gasteiger charge is -2.43. The lowest BCUT2D eigenvalue weighted by molar-refractivity contribution is 0.0823. The third-order valence-corrected chi connectivity index (χ3v) is 7.07. The molecule has 3 N–H and O–H groups in total. The van der Waals surface area contributed by atoms with Crippen molar-refractivity contribution in [1.82, 2.24) is 4.90 Å². The summed E-state index contributed by atoms with van der Waals surface area (Å²) in [6, 6.07) is 13.3. The summed E-state index contributed by atoms with van der Waals surface area (Å²) in [6.45, 7) is 6.47. The van der Waals surface area contributed by atoms with E-state index in [-0.39, 0.29) is 0 Å². The summed E-state index contributed by atoms with van der Waals surface area (Å²) in [6.07, 6.45) is 3.64. The SMILES string of the molecule is Cc1ccc(CN=C(N)c2cc(C#N)ccc2C(=N)N2CCC3(CC(C)C3)C2)cc1Cl. The third-order valence-electron chi connectivity index (χ3n) is 6.67. The van der Waals surface area contributed by atoms with Crippen LogP contribution < -0.4 is 5.73 Å². The quantitative estimate of drug-likeness (QED) is 0.532. The van der Waals surface area contributed by atoms with Gasteiger partial charge in [-0.1, -0.05) is 30.7 Å². The van der Waals surface area contributed by atoms with Crippen LogP contribution in [0, 0.1) is 35.0 Å². The number of benzene rings is 2. The average Bonchev–Trinajstić information content (AvgIpc) is 3.18. The summed E-state index contributed by atoms with van der Waals surface area (Å²) >= 11 is 6.22. The van der Waals surface area contributed by atoms with Gasteiger partial charge in [0.1, 0.15) is 11.7 Å². The first-order valence-corrected chi connectivity index (χ1v) is 11.1. The monoisotopic (exact) mass is 433 g/mol. The van der Waals surface area contributed by atoms with Crippen molar-refractivity contribution in [2.75, 3.05) is 13.1 Å². The summed E-state index contributed by atoms with van der Waals surface area (Å²) in [5.74, 6) is 1.59. The molecule has 4 rings (SSSR count). The van der Waals surface area contributed by atoms with Gasteiger partial charge < -0.3 is 10.6 Å². The molecule has 0 radical (unpaired) electrons. The Bertz CT molecular complexity index is 1090. The Hall–Kier alpha value is -2.84. The van der Waals surface area contributed by atoms with Crippen LogP contribution in [-0.4, -0.2) is 29.7 Å². The van der Waals surface area contributed by atoms with Gasteiger partial charge in [0.25, 0.3) is 0 Å². The van der Waals surface area contributed by atoms with E-state index in [0.29, 0.717) is 39.8 Å². The maximum atomic E-state index is 9.37. The first kappa shape index (κ1) is 21.4. The number of nitriles is 1. The minimum Gasteiger partial charge on any atom is -0.383 e. The first-order valence-electron chi connectivity index (χ1n) is 10.7. The predicted octanol–water partition coefficient (Wildman–Crippen LogP) is 4.87. The molecule has 6 heteroatoms. The molecule has 0 bridgehead atoms. The molecule has 2 fully saturated rings. The molecule has 2 aliphatic rings. The van der Waals surface area contributed by atoms with Gasteiger partial charge in [0, 0.05) is 29.2 Å². The Morgan fingerprint density at radius 2 is 2.06 bits per heavy atom. The van der Waals surface area contributed by atoms with E-state index in [0.717, 1.165) is 42.1 Å². The van der Waals surface area contributed by atoms with Crippen molar-refractivity contribution < 1.29 is 0 Å². The van der Waals surface area contributed by atoms with Crippen LogP contribution in [-0.2, 0) is 6.54 Å². The molecule has 1 aliphatic heterocycles. The van der Waals surface area contributed by atoms with Crippen molar-refractivity contribution in [3.05, 3.63) is 69.2 Å². The molecule has 1 saturated heterocycles. The van der Waals surface area contributed by atoms with E-state index in [1.807, 2.05) is 31.2 Å². The van der Waals surface area contributed by atoms with Gasteiger partial charge in [-0.25, -0.2) is 0 Å². The van der Waals surface area contributed by atoms with Crippen LogP contribution in [0.4, 0.5) is 0 Å². The molecule has 1 heterocycles. The zero-order valence-electron chi connectivity index (χ0n) is 18.1. The largest absolute Gasteiger partial charge is 0.383 e. The van der Waals surface area contributed by atoms with Crippen LogP contribution in [0.3, 0.4) is 0 Å². The normalized spacial score (nSPS) is 23.0. The lowest BCUT2D eigenvalue weighted by atomic mass is 9.62. The first-order chi connectivity index (χ1) is 14.8. The van der Waals surface area contributed by atoms with E-state index in [4.69, 9.17) is 22.7 Å². The van der Waals surface area contributed by atoms with Gasteiger partial charge in [0.05, 0.1) is 18.2 Å². The van der Waals surface area contributed by atoms with Crippen LogP contribution in [0.2, 0.25) is 5.02 Å². The molecule has 31 heavy (non-hydrogen) atoms. The summed E-state index contributed by atoms with van der Waals surface area (Å²) in [4.78, 5) is 6.71. The highest BCUT2D eigenvalue weighted by Gasteiger charge is 2.47. The zero-order valence-corrected chi connectivity index (χ0v) is 18.8. The molecule has 1 saturated carbocycles. The Balaban J connectivity index is 1.58. The van der Waals surface area contributed by atoms with E-state index >= 15 is 0 Å². The van der Waals surface area contributed by atoms with Gasteiger partial charge in [-0.3, -0.25) is 10.4 Å².